The lowest BCUT2D eigenvalue weighted by Gasteiger charge is -2.39. The second kappa shape index (κ2) is 6.94. The van der Waals surface area contributed by atoms with E-state index in [1.807, 2.05) is 0 Å². The molecule has 2 fully saturated rings. The second-order valence-corrected chi connectivity index (χ2v) is 6.75. The average Bonchev–Trinajstić information content (AvgIpc) is 2.27. The molecule has 2 rings (SSSR count). The molecule has 1 heterocycles. The van der Waals surface area contributed by atoms with Gasteiger partial charge in [-0.15, -0.1) is 12.4 Å². The Balaban J connectivity index is 0.00000180. The minimum absolute atomic E-state index is 0. The van der Waals surface area contributed by atoms with Gasteiger partial charge in [-0.25, -0.2) is 0 Å². The predicted octanol–water partition coefficient (Wildman–Crippen LogP) is 2.74. The maximum absolute atomic E-state index is 11.9. The summed E-state index contributed by atoms with van der Waals surface area (Å²) in [7, 11) is 0. The van der Waals surface area contributed by atoms with Crippen LogP contribution >= 0.6 is 12.4 Å². The van der Waals surface area contributed by atoms with Crippen LogP contribution in [0.3, 0.4) is 0 Å². The standard InChI is InChI=1S/C15H28N2O.ClH/c1-4-15(2,3)12-5-7-13(8-6-12)17-14(18)11-9-16-10-11;/h11-13,16H,4-10H2,1-3H3,(H,17,18);1H. The maximum Gasteiger partial charge on any atom is 0.225 e. The summed E-state index contributed by atoms with van der Waals surface area (Å²) in [5.74, 6) is 1.34. The zero-order chi connectivity index (χ0) is 13.2. The number of rotatable bonds is 4. The summed E-state index contributed by atoms with van der Waals surface area (Å²) in [4.78, 5) is 11.9. The van der Waals surface area contributed by atoms with Crippen molar-refractivity contribution in [2.75, 3.05) is 13.1 Å². The van der Waals surface area contributed by atoms with Crippen LogP contribution in [0.5, 0.6) is 0 Å². The first kappa shape index (κ1) is 16.8. The Morgan fingerprint density at radius 1 is 1.21 bits per heavy atom. The third kappa shape index (κ3) is 4.09. The van der Waals surface area contributed by atoms with Crippen molar-refractivity contribution in [1.82, 2.24) is 10.6 Å². The molecule has 1 saturated carbocycles. The fourth-order valence-electron chi connectivity index (χ4n) is 3.10. The summed E-state index contributed by atoms with van der Waals surface area (Å²) < 4.78 is 0. The van der Waals surface area contributed by atoms with Gasteiger partial charge in [-0.05, 0) is 37.0 Å². The molecule has 0 radical (unpaired) electrons. The lowest BCUT2D eigenvalue weighted by molar-refractivity contribution is -0.127. The number of amides is 1. The van der Waals surface area contributed by atoms with Crippen molar-refractivity contribution >= 4 is 18.3 Å². The SMILES string of the molecule is CCC(C)(C)C1CCC(NC(=O)C2CNC2)CC1.Cl. The molecular formula is C15H29ClN2O. The highest BCUT2D eigenvalue weighted by atomic mass is 35.5. The van der Waals surface area contributed by atoms with Crippen LogP contribution in [-0.4, -0.2) is 25.0 Å². The molecule has 2 aliphatic rings. The fraction of sp³-hybridized carbons (Fsp3) is 0.933. The van der Waals surface area contributed by atoms with Gasteiger partial charge in [0, 0.05) is 19.1 Å². The van der Waals surface area contributed by atoms with E-state index in [2.05, 4.69) is 31.4 Å². The van der Waals surface area contributed by atoms with E-state index < -0.39 is 0 Å². The number of carbonyl (C=O) groups is 1. The maximum atomic E-state index is 11.9. The van der Waals surface area contributed by atoms with E-state index in [-0.39, 0.29) is 24.2 Å². The third-order valence-electron chi connectivity index (χ3n) is 5.24. The molecule has 0 unspecified atom stereocenters. The van der Waals surface area contributed by atoms with Crippen molar-refractivity contribution in [2.45, 2.75) is 58.9 Å². The van der Waals surface area contributed by atoms with E-state index in [0.717, 1.165) is 19.0 Å². The Kier molecular flexibility index (Phi) is 6.13. The van der Waals surface area contributed by atoms with Crippen LogP contribution in [0, 0.1) is 17.3 Å². The van der Waals surface area contributed by atoms with Gasteiger partial charge in [0.05, 0.1) is 5.92 Å². The Labute approximate surface area is 123 Å². The van der Waals surface area contributed by atoms with Crippen LogP contribution in [-0.2, 0) is 4.79 Å². The Morgan fingerprint density at radius 2 is 1.79 bits per heavy atom. The van der Waals surface area contributed by atoms with Crippen molar-refractivity contribution < 1.29 is 4.79 Å². The molecule has 19 heavy (non-hydrogen) atoms. The van der Waals surface area contributed by atoms with Crippen molar-refractivity contribution in [3.05, 3.63) is 0 Å². The molecular weight excluding hydrogens is 260 g/mol. The Morgan fingerprint density at radius 3 is 2.21 bits per heavy atom. The quantitative estimate of drug-likeness (QED) is 0.835. The van der Waals surface area contributed by atoms with Crippen LogP contribution in [0.1, 0.15) is 52.9 Å². The topological polar surface area (TPSA) is 41.1 Å². The zero-order valence-corrected chi connectivity index (χ0v) is 13.3. The van der Waals surface area contributed by atoms with E-state index in [4.69, 9.17) is 0 Å². The first-order valence-corrected chi connectivity index (χ1v) is 7.54. The van der Waals surface area contributed by atoms with E-state index in [1.165, 1.54) is 32.1 Å². The highest BCUT2D eigenvalue weighted by molar-refractivity contribution is 5.85. The summed E-state index contributed by atoms with van der Waals surface area (Å²) >= 11 is 0. The third-order valence-corrected chi connectivity index (χ3v) is 5.24. The smallest absolute Gasteiger partial charge is 0.225 e. The molecule has 0 aromatic heterocycles. The van der Waals surface area contributed by atoms with Gasteiger partial charge in [-0.3, -0.25) is 4.79 Å². The molecule has 0 aromatic carbocycles. The van der Waals surface area contributed by atoms with Gasteiger partial charge in [0.2, 0.25) is 5.91 Å². The van der Waals surface area contributed by atoms with Crippen LogP contribution in [0.4, 0.5) is 0 Å². The molecule has 1 saturated heterocycles. The van der Waals surface area contributed by atoms with Crippen molar-refractivity contribution in [2.24, 2.45) is 17.3 Å². The normalized spacial score (nSPS) is 28.2. The number of nitrogens with one attached hydrogen (secondary N) is 2. The molecule has 1 aliphatic carbocycles. The van der Waals surface area contributed by atoms with Gasteiger partial charge in [0.15, 0.2) is 0 Å². The summed E-state index contributed by atoms with van der Waals surface area (Å²) in [6.07, 6.45) is 6.13. The molecule has 112 valence electrons. The van der Waals surface area contributed by atoms with Crippen LogP contribution in [0.25, 0.3) is 0 Å². The van der Waals surface area contributed by atoms with Crippen molar-refractivity contribution in [1.29, 1.82) is 0 Å². The van der Waals surface area contributed by atoms with Crippen LogP contribution in [0.2, 0.25) is 0 Å². The molecule has 2 N–H and O–H groups in total. The lowest BCUT2D eigenvalue weighted by Crippen LogP contribution is -2.53. The van der Waals surface area contributed by atoms with E-state index in [1.54, 1.807) is 0 Å². The summed E-state index contributed by atoms with van der Waals surface area (Å²) in [6, 6.07) is 0.432. The van der Waals surface area contributed by atoms with E-state index >= 15 is 0 Å². The Hall–Kier alpha value is -0.280. The highest BCUT2D eigenvalue weighted by Crippen LogP contribution is 2.40. The minimum Gasteiger partial charge on any atom is -0.353 e. The molecule has 0 spiro atoms. The summed E-state index contributed by atoms with van der Waals surface area (Å²) in [6.45, 7) is 8.79. The van der Waals surface area contributed by atoms with E-state index in [9.17, 15) is 4.79 Å². The van der Waals surface area contributed by atoms with Crippen molar-refractivity contribution in [3.63, 3.8) is 0 Å². The van der Waals surface area contributed by atoms with E-state index in [0.29, 0.717) is 11.5 Å². The summed E-state index contributed by atoms with van der Waals surface area (Å²) in [5.41, 5.74) is 0.465. The Bertz CT molecular complexity index is 295. The first-order chi connectivity index (χ1) is 8.53. The summed E-state index contributed by atoms with van der Waals surface area (Å²) in [5, 5.41) is 6.38. The lowest BCUT2D eigenvalue weighted by atomic mass is 9.69. The monoisotopic (exact) mass is 288 g/mol. The zero-order valence-electron chi connectivity index (χ0n) is 12.5. The number of hydrogen-bond donors (Lipinski definition) is 2. The molecule has 1 amide bonds. The first-order valence-electron chi connectivity index (χ1n) is 7.54. The number of halogens is 1. The predicted molar refractivity (Wildman–Crippen MR) is 81.6 cm³/mol. The molecule has 0 atom stereocenters. The molecule has 0 bridgehead atoms. The van der Waals surface area contributed by atoms with Crippen molar-refractivity contribution in [3.8, 4) is 0 Å². The van der Waals surface area contributed by atoms with Gasteiger partial charge in [-0.2, -0.15) is 0 Å². The van der Waals surface area contributed by atoms with Gasteiger partial charge in [0.1, 0.15) is 0 Å². The largest absolute Gasteiger partial charge is 0.353 e. The number of hydrogen-bond acceptors (Lipinski definition) is 2. The number of carbonyl (C=O) groups excluding carboxylic acids is 1. The minimum atomic E-state index is 0. The molecule has 1 aliphatic heterocycles. The van der Waals surface area contributed by atoms with Crippen LogP contribution < -0.4 is 10.6 Å². The average molecular weight is 289 g/mol. The van der Waals surface area contributed by atoms with Gasteiger partial charge >= 0.3 is 0 Å². The fourth-order valence-corrected chi connectivity index (χ4v) is 3.10. The van der Waals surface area contributed by atoms with Gasteiger partial charge in [-0.1, -0.05) is 27.2 Å². The van der Waals surface area contributed by atoms with Gasteiger partial charge < -0.3 is 10.6 Å². The van der Waals surface area contributed by atoms with Crippen LogP contribution in [0.15, 0.2) is 0 Å². The van der Waals surface area contributed by atoms with Gasteiger partial charge in [0.25, 0.3) is 0 Å². The second-order valence-electron chi connectivity index (χ2n) is 6.75. The highest BCUT2D eigenvalue weighted by Gasteiger charge is 2.33. The molecule has 0 aromatic rings. The molecule has 4 heteroatoms. The molecule has 3 nitrogen and oxygen atoms in total.